The van der Waals surface area contributed by atoms with Crippen molar-refractivity contribution < 1.29 is 18.0 Å². The van der Waals surface area contributed by atoms with Crippen LogP contribution in [0.15, 0.2) is 30.3 Å². The molecule has 0 unspecified atom stereocenters. The van der Waals surface area contributed by atoms with E-state index in [0.29, 0.717) is 25.2 Å². The van der Waals surface area contributed by atoms with Crippen molar-refractivity contribution in [1.82, 2.24) is 10.2 Å². The maximum absolute atomic E-state index is 14.4. The van der Waals surface area contributed by atoms with Crippen LogP contribution in [0.25, 0.3) is 0 Å². The van der Waals surface area contributed by atoms with Gasteiger partial charge in [0.15, 0.2) is 11.6 Å². The normalized spacial score (nSPS) is 13.4. The molecule has 0 bridgehead atoms. The lowest BCUT2D eigenvalue weighted by Crippen LogP contribution is -2.60. The van der Waals surface area contributed by atoms with Crippen molar-refractivity contribution in [2.24, 2.45) is 5.73 Å². The molecule has 3 rings (SSSR count). The summed E-state index contributed by atoms with van der Waals surface area (Å²) in [6.45, 7) is 7.98. The van der Waals surface area contributed by atoms with Crippen molar-refractivity contribution in [2.45, 2.75) is 33.2 Å². The minimum Gasteiger partial charge on any atom is -0.350 e. The Hall–Kier alpha value is -2.58. The molecule has 2 aromatic rings. The summed E-state index contributed by atoms with van der Waals surface area (Å²) in [6, 6.07) is 6.59. The highest BCUT2D eigenvalue weighted by Gasteiger charge is 2.33. The Morgan fingerprint density at radius 3 is 2.47 bits per heavy atom. The summed E-state index contributed by atoms with van der Waals surface area (Å²) in [5.74, 6) is -3.39. The van der Waals surface area contributed by atoms with Gasteiger partial charge in [-0.1, -0.05) is 19.9 Å². The molecule has 0 aromatic heterocycles. The molecule has 0 atom stereocenters. The number of nitrogens with one attached hydrogen (secondary N) is 2. The molecule has 0 spiro atoms. The summed E-state index contributed by atoms with van der Waals surface area (Å²) in [4.78, 5) is 14.3. The van der Waals surface area contributed by atoms with Gasteiger partial charge in [-0.15, -0.1) is 0 Å². The number of carbonyl (C=O) groups is 1. The Bertz CT molecular complexity index is 870. The molecule has 1 aliphatic heterocycles. The van der Waals surface area contributed by atoms with Crippen LogP contribution in [-0.2, 0) is 0 Å². The molecular formula is C22H29F3N4O. The van der Waals surface area contributed by atoms with Crippen molar-refractivity contribution in [1.29, 1.82) is 0 Å². The van der Waals surface area contributed by atoms with Gasteiger partial charge in [-0.2, -0.15) is 0 Å². The van der Waals surface area contributed by atoms with E-state index in [2.05, 4.69) is 10.6 Å². The second kappa shape index (κ2) is 11.0. The SMILES string of the molecule is CC.Cc1ccc(Nc2c(C(=O)N3CC(NCCCN)C3)ccc(F)c2F)c(F)c1. The zero-order chi connectivity index (χ0) is 22.3. The summed E-state index contributed by atoms with van der Waals surface area (Å²) < 4.78 is 42.3. The highest BCUT2D eigenvalue weighted by atomic mass is 19.2. The van der Waals surface area contributed by atoms with Crippen LogP contribution < -0.4 is 16.4 Å². The fraction of sp³-hybridized carbons (Fsp3) is 0.409. The van der Waals surface area contributed by atoms with E-state index < -0.39 is 23.4 Å². The van der Waals surface area contributed by atoms with Gasteiger partial charge < -0.3 is 21.3 Å². The fourth-order valence-electron chi connectivity index (χ4n) is 3.06. The minimum absolute atomic E-state index is 0.0333. The largest absolute Gasteiger partial charge is 0.350 e. The summed E-state index contributed by atoms with van der Waals surface area (Å²) in [7, 11) is 0. The Labute approximate surface area is 175 Å². The topological polar surface area (TPSA) is 70.4 Å². The fourth-order valence-corrected chi connectivity index (χ4v) is 3.06. The molecule has 1 saturated heterocycles. The van der Waals surface area contributed by atoms with Gasteiger partial charge in [-0.25, -0.2) is 13.2 Å². The van der Waals surface area contributed by atoms with Crippen LogP contribution in [0.4, 0.5) is 24.5 Å². The van der Waals surface area contributed by atoms with Crippen LogP contribution >= 0.6 is 0 Å². The Balaban J connectivity index is 0.00000155. The molecule has 4 N–H and O–H groups in total. The summed E-state index contributed by atoms with van der Waals surface area (Å²) in [5, 5.41) is 5.82. The smallest absolute Gasteiger partial charge is 0.256 e. The quantitative estimate of drug-likeness (QED) is 0.591. The van der Waals surface area contributed by atoms with Crippen molar-refractivity contribution in [2.75, 3.05) is 31.5 Å². The molecule has 1 aliphatic rings. The third-order valence-corrected chi connectivity index (χ3v) is 4.69. The maximum atomic E-state index is 14.4. The minimum atomic E-state index is -1.22. The average molecular weight is 422 g/mol. The first-order chi connectivity index (χ1) is 14.4. The summed E-state index contributed by atoms with van der Waals surface area (Å²) in [5.41, 5.74) is 5.69. The molecule has 2 aromatic carbocycles. The molecule has 0 radical (unpaired) electrons. The lowest BCUT2D eigenvalue weighted by molar-refractivity contribution is 0.0568. The van der Waals surface area contributed by atoms with Crippen LogP contribution in [0.5, 0.6) is 0 Å². The van der Waals surface area contributed by atoms with E-state index in [1.54, 1.807) is 13.0 Å². The average Bonchev–Trinajstić information content (AvgIpc) is 2.70. The van der Waals surface area contributed by atoms with Crippen LogP contribution in [-0.4, -0.2) is 43.0 Å². The van der Waals surface area contributed by atoms with E-state index in [1.807, 2.05) is 13.8 Å². The number of hydrogen-bond acceptors (Lipinski definition) is 4. The number of nitrogens with zero attached hydrogens (tertiary/aromatic N) is 1. The third-order valence-electron chi connectivity index (χ3n) is 4.69. The van der Waals surface area contributed by atoms with Gasteiger partial charge in [0, 0.05) is 19.1 Å². The van der Waals surface area contributed by atoms with Gasteiger partial charge >= 0.3 is 0 Å². The number of nitrogens with two attached hydrogens (primary N) is 1. The number of anilines is 2. The number of amides is 1. The number of hydrogen-bond donors (Lipinski definition) is 3. The summed E-state index contributed by atoms with van der Waals surface area (Å²) in [6.07, 6.45) is 0.837. The lowest BCUT2D eigenvalue weighted by Gasteiger charge is -2.40. The highest BCUT2D eigenvalue weighted by molar-refractivity contribution is 6.01. The molecule has 30 heavy (non-hydrogen) atoms. The molecule has 5 nitrogen and oxygen atoms in total. The molecule has 1 fully saturated rings. The number of aryl methyl sites for hydroxylation is 1. The zero-order valence-corrected chi connectivity index (χ0v) is 17.6. The Morgan fingerprint density at radius 1 is 1.13 bits per heavy atom. The number of rotatable bonds is 7. The Kier molecular flexibility index (Phi) is 8.68. The Morgan fingerprint density at radius 2 is 1.83 bits per heavy atom. The predicted molar refractivity (Wildman–Crippen MR) is 113 cm³/mol. The van der Waals surface area contributed by atoms with E-state index in [1.165, 1.54) is 23.1 Å². The van der Waals surface area contributed by atoms with Gasteiger partial charge in [0.25, 0.3) is 5.91 Å². The van der Waals surface area contributed by atoms with Gasteiger partial charge in [-0.3, -0.25) is 4.79 Å². The summed E-state index contributed by atoms with van der Waals surface area (Å²) >= 11 is 0. The van der Waals surface area contributed by atoms with Gasteiger partial charge in [0.2, 0.25) is 0 Å². The molecule has 0 saturated carbocycles. The third kappa shape index (κ3) is 5.52. The predicted octanol–water partition coefficient (Wildman–Crippen LogP) is 3.94. The molecule has 8 heteroatoms. The van der Waals surface area contributed by atoms with Crippen LogP contribution in [0.3, 0.4) is 0 Å². The zero-order valence-electron chi connectivity index (χ0n) is 17.6. The van der Waals surface area contributed by atoms with E-state index in [9.17, 15) is 18.0 Å². The molecule has 164 valence electrons. The molecule has 0 aliphatic carbocycles. The van der Waals surface area contributed by atoms with Gasteiger partial charge in [0.1, 0.15) is 5.82 Å². The number of halogens is 3. The second-order valence-electron chi connectivity index (χ2n) is 6.90. The van der Waals surface area contributed by atoms with Crippen LogP contribution in [0, 0.1) is 24.4 Å². The second-order valence-corrected chi connectivity index (χ2v) is 6.90. The van der Waals surface area contributed by atoms with Crippen molar-refractivity contribution >= 4 is 17.3 Å². The number of likely N-dealkylation sites (tertiary alicyclic amines) is 1. The first-order valence-corrected chi connectivity index (χ1v) is 10.1. The van der Waals surface area contributed by atoms with E-state index in [0.717, 1.165) is 19.0 Å². The molecule has 1 heterocycles. The van der Waals surface area contributed by atoms with Crippen LogP contribution in [0.2, 0.25) is 0 Å². The van der Waals surface area contributed by atoms with Gasteiger partial charge in [0.05, 0.1) is 16.9 Å². The maximum Gasteiger partial charge on any atom is 0.256 e. The van der Waals surface area contributed by atoms with Crippen molar-refractivity contribution in [3.63, 3.8) is 0 Å². The first kappa shape index (κ1) is 23.7. The van der Waals surface area contributed by atoms with E-state index in [-0.39, 0.29) is 23.0 Å². The highest BCUT2D eigenvalue weighted by Crippen LogP contribution is 2.30. The molecule has 1 amide bonds. The monoisotopic (exact) mass is 422 g/mol. The standard InChI is InChI=1S/C20H23F3N4O.C2H6/c1-12-3-6-17(16(22)9-12)26-19-14(4-5-15(21)18(19)23)20(28)27-10-13(11-27)25-8-2-7-24;1-2/h3-6,9,13,25-26H,2,7-8,10-11,24H2,1H3;1-2H3. The van der Waals surface area contributed by atoms with Gasteiger partial charge in [-0.05, 0) is 56.3 Å². The van der Waals surface area contributed by atoms with E-state index in [4.69, 9.17) is 5.73 Å². The van der Waals surface area contributed by atoms with Crippen molar-refractivity contribution in [3.8, 4) is 0 Å². The number of benzene rings is 2. The first-order valence-electron chi connectivity index (χ1n) is 10.1. The van der Waals surface area contributed by atoms with Crippen molar-refractivity contribution in [3.05, 3.63) is 58.9 Å². The van der Waals surface area contributed by atoms with E-state index >= 15 is 0 Å². The molecular weight excluding hydrogens is 393 g/mol. The van der Waals surface area contributed by atoms with Crippen LogP contribution in [0.1, 0.15) is 36.2 Å². The lowest BCUT2D eigenvalue weighted by atomic mass is 10.0. The number of carbonyl (C=O) groups excluding carboxylic acids is 1.